The van der Waals surface area contributed by atoms with E-state index in [1.165, 1.54) is 0 Å². The number of Topliss-reactive ketones (excluding diaryl/α,β-unsaturated/α-hetero) is 1. The molecule has 2 aromatic rings. The molecule has 0 fully saturated rings. The zero-order valence-corrected chi connectivity index (χ0v) is 16.8. The Balaban J connectivity index is 2.10. The molecule has 0 aliphatic heterocycles. The molecule has 1 aromatic heterocycles. The average molecular weight is 413 g/mol. The van der Waals surface area contributed by atoms with Gasteiger partial charge in [-0.2, -0.15) is 0 Å². The van der Waals surface area contributed by atoms with Crippen LogP contribution in [0.15, 0.2) is 42.6 Å². The van der Waals surface area contributed by atoms with Crippen LogP contribution in [0.25, 0.3) is 11.1 Å². The van der Waals surface area contributed by atoms with Gasteiger partial charge in [0.15, 0.2) is 10.6 Å². The molecule has 2 atom stereocenters. The second-order valence-electron chi connectivity index (χ2n) is 6.73. The van der Waals surface area contributed by atoms with E-state index >= 15 is 0 Å². The van der Waals surface area contributed by atoms with Crippen molar-refractivity contribution in [2.75, 3.05) is 20.8 Å². The van der Waals surface area contributed by atoms with E-state index < -0.39 is 29.3 Å². The van der Waals surface area contributed by atoms with E-state index in [1.54, 1.807) is 18.3 Å². The van der Waals surface area contributed by atoms with E-state index in [-0.39, 0.29) is 6.42 Å². The molecule has 0 saturated heterocycles. The summed E-state index contributed by atoms with van der Waals surface area (Å²) >= 11 is 11.0. The largest absolute Gasteiger partial charge is 0.388 e. The van der Waals surface area contributed by atoms with E-state index in [4.69, 9.17) is 23.2 Å². The van der Waals surface area contributed by atoms with E-state index in [2.05, 4.69) is 4.98 Å². The minimum Gasteiger partial charge on any atom is -0.388 e. The van der Waals surface area contributed by atoms with Crippen molar-refractivity contribution in [3.63, 3.8) is 0 Å². The first-order chi connectivity index (χ1) is 12.8. The molecular weight excluding hydrogens is 390 g/mol. The first-order valence-corrected chi connectivity index (χ1v) is 9.44. The predicted octanol–water partition coefficient (Wildman–Crippen LogP) is 4.19. The lowest BCUT2D eigenvalue weighted by molar-refractivity contribution is -0.119. The number of carbonyl (C=O) groups is 1. The molecule has 0 bridgehead atoms. The molecule has 146 valence electrons. The van der Waals surface area contributed by atoms with E-state index in [1.807, 2.05) is 43.3 Å². The van der Waals surface area contributed by atoms with Crippen molar-refractivity contribution in [2.24, 2.45) is 5.92 Å². The maximum Gasteiger partial charge on any atom is 0.166 e. The first-order valence-electron chi connectivity index (χ1n) is 8.56. The van der Waals surface area contributed by atoms with E-state index in [9.17, 15) is 14.3 Å². The summed E-state index contributed by atoms with van der Waals surface area (Å²) in [6, 6.07) is 11.1. The molecule has 27 heavy (non-hydrogen) atoms. The molecule has 1 N–H and O–H groups in total. The van der Waals surface area contributed by atoms with Crippen molar-refractivity contribution in [2.45, 2.75) is 23.9 Å². The van der Waals surface area contributed by atoms with Gasteiger partial charge in [-0.05, 0) is 31.3 Å². The Morgan fingerprint density at radius 1 is 1.15 bits per heavy atom. The lowest BCUT2D eigenvalue weighted by Crippen LogP contribution is -2.21. The summed E-state index contributed by atoms with van der Waals surface area (Å²) in [5.74, 6) is -1.38. The van der Waals surface area contributed by atoms with Crippen molar-refractivity contribution < 1.29 is 14.3 Å². The summed E-state index contributed by atoms with van der Waals surface area (Å²) < 4.78 is 13.3. The van der Waals surface area contributed by atoms with Crippen molar-refractivity contribution >= 4 is 29.0 Å². The smallest absolute Gasteiger partial charge is 0.166 e. The highest BCUT2D eigenvalue weighted by Crippen LogP contribution is 2.29. The fourth-order valence-corrected chi connectivity index (χ4v) is 2.93. The summed E-state index contributed by atoms with van der Waals surface area (Å²) in [5, 5.41) is 10.4. The molecule has 4 nitrogen and oxygen atoms in total. The standard InChI is InChI=1S/C20H23Cl2FN2O2/c1-25(2)12-17-8-7-15(11-24-17)13-3-5-14(6-4-13)19(27)16(10-23)9-18(26)20(21)22/h3-8,11,16,19-20,27H,9-10,12H2,1-2H3/t16-,19-/m1/s1. The molecule has 1 heterocycles. The number of nitrogens with zero attached hydrogens (tertiary/aromatic N) is 2. The number of carbonyl (C=O) groups excluding carboxylic acids is 1. The van der Waals surface area contributed by atoms with Crippen LogP contribution in [0.4, 0.5) is 4.39 Å². The summed E-state index contributed by atoms with van der Waals surface area (Å²) in [6.07, 6.45) is 0.476. The van der Waals surface area contributed by atoms with Crippen molar-refractivity contribution in [3.05, 3.63) is 53.9 Å². The molecule has 7 heteroatoms. The Morgan fingerprint density at radius 3 is 2.26 bits per heavy atom. The van der Waals surface area contributed by atoms with Gasteiger partial charge in [0.2, 0.25) is 0 Å². The van der Waals surface area contributed by atoms with Gasteiger partial charge in [-0.1, -0.05) is 53.5 Å². The Labute approximate surface area is 168 Å². The number of alkyl halides is 3. The van der Waals surface area contributed by atoms with Crippen LogP contribution in [-0.4, -0.2) is 46.4 Å². The molecule has 0 saturated carbocycles. The van der Waals surface area contributed by atoms with Crippen LogP contribution < -0.4 is 0 Å². The Morgan fingerprint density at radius 2 is 1.78 bits per heavy atom. The Hall–Kier alpha value is -1.53. The maximum atomic E-state index is 13.3. The minimum absolute atomic E-state index is 0.214. The SMILES string of the molecule is CN(C)Cc1ccc(-c2ccc([C@@H](O)[C@@H](CF)CC(=O)C(Cl)Cl)cc2)cn1. The number of aromatic nitrogens is 1. The highest BCUT2D eigenvalue weighted by Gasteiger charge is 2.26. The third kappa shape index (κ3) is 6.25. The molecular formula is C20H23Cl2FN2O2. The highest BCUT2D eigenvalue weighted by atomic mass is 35.5. The van der Waals surface area contributed by atoms with Crippen molar-refractivity contribution in [1.82, 2.24) is 9.88 Å². The average Bonchev–Trinajstić information content (AvgIpc) is 2.65. The van der Waals surface area contributed by atoms with Crippen LogP contribution in [0.2, 0.25) is 0 Å². The quantitative estimate of drug-likeness (QED) is 0.627. The molecule has 0 amide bonds. The van der Waals surface area contributed by atoms with Crippen molar-refractivity contribution in [1.29, 1.82) is 0 Å². The van der Waals surface area contributed by atoms with Gasteiger partial charge in [-0.3, -0.25) is 14.2 Å². The second-order valence-corrected chi connectivity index (χ2v) is 7.82. The van der Waals surface area contributed by atoms with E-state index in [0.717, 1.165) is 23.4 Å². The van der Waals surface area contributed by atoms with Crippen LogP contribution >= 0.6 is 23.2 Å². The number of benzene rings is 1. The van der Waals surface area contributed by atoms with Gasteiger partial charge in [0.25, 0.3) is 0 Å². The fraction of sp³-hybridized carbons (Fsp3) is 0.400. The maximum absolute atomic E-state index is 13.3. The van der Waals surface area contributed by atoms with Gasteiger partial charge in [0.1, 0.15) is 0 Å². The summed E-state index contributed by atoms with van der Waals surface area (Å²) in [4.78, 5) is 16.9. The number of ketones is 1. The number of hydrogen-bond acceptors (Lipinski definition) is 4. The fourth-order valence-electron chi connectivity index (χ4n) is 2.76. The normalized spacial score (nSPS) is 13.8. The zero-order valence-electron chi connectivity index (χ0n) is 15.3. The van der Waals surface area contributed by atoms with Gasteiger partial charge in [-0.25, -0.2) is 0 Å². The number of halogens is 3. The first kappa shape index (κ1) is 21.8. The van der Waals surface area contributed by atoms with Gasteiger partial charge < -0.3 is 10.0 Å². The minimum atomic E-state index is -1.21. The number of rotatable bonds is 9. The third-order valence-electron chi connectivity index (χ3n) is 4.24. The van der Waals surface area contributed by atoms with E-state index in [0.29, 0.717) is 5.56 Å². The number of aliphatic hydroxyl groups excluding tert-OH is 1. The molecule has 0 aliphatic rings. The van der Waals surface area contributed by atoms with Crippen LogP contribution in [-0.2, 0) is 11.3 Å². The highest BCUT2D eigenvalue weighted by molar-refractivity contribution is 6.53. The molecule has 2 rings (SSSR count). The Kier molecular flexibility index (Phi) is 8.17. The molecule has 0 spiro atoms. The third-order valence-corrected chi connectivity index (χ3v) is 4.73. The summed E-state index contributed by atoms with van der Waals surface area (Å²) in [7, 11) is 3.97. The van der Waals surface area contributed by atoms with Gasteiger partial charge in [0.05, 0.1) is 18.5 Å². The molecule has 1 aromatic carbocycles. The van der Waals surface area contributed by atoms with Gasteiger partial charge >= 0.3 is 0 Å². The lowest BCUT2D eigenvalue weighted by atomic mass is 9.91. The second kappa shape index (κ2) is 10.1. The van der Waals surface area contributed by atoms with Gasteiger partial charge in [0, 0.05) is 30.6 Å². The predicted molar refractivity (Wildman–Crippen MR) is 107 cm³/mol. The monoisotopic (exact) mass is 412 g/mol. The van der Waals surface area contributed by atoms with Gasteiger partial charge in [-0.15, -0.1) is 0 Å². The number of hydrogen-bond donors (Lipinski definition) is 1. The molecule has 0 aliphatic carbocycles. The molecule has 0 unspecified atom stereocenters. The lowest BCUT2D eigenvalue weighted by Gasteiger charge is -2.20. The van der Waals surface area contributed by atoms with Crippen LogP contribution in [0.5, 0.6) is 0 Å². The van der Waals surface area contributed by atoms with Crippen LogP contribution in [0.3, 0.4) is 0 Å². The molecule has 0 radical (unpaired) electrons. The van der Waals surface area contributed by atoms with Crippen LogP contribution in [0.1, 0.15) is 23.8 Å². The van der Waals surface area contributed by atoms with Crippen molar-refractivity contribution in [3.8, 4) is 11.1 Å². The summed E-state index contributed by atoms with van der Waals surface area (Å²) in [5.41, 5.74) is 3.39. The summed E-state index contributed by atoms with van der Waals surface area (Å²) in [6.45, 7) is -0.0768. The number of pyridine rings is 1. The number of aliphatic hydroxyl groups is 1. The van der Waals surface area contributed by atoms with Crippen LogP contribution in [0, 0.1) is 5.92 Å². The Bertz CT molecular complexity index is 737. The zero-order chi connectivity index (χ0) is 20.0. The topological polar surface area (TPSA) is 53.4 Å².